The Bertz CT molecular complexity index is 393. The molecule has 2 N–H and O–H groups in total. The van der Waals surface area contributed by atoms with Crippen LogP contribution in [0.15, 0.2) is 28.4 Å². The van der Waals surface area contributed by atoms with Crippen LogP contribution < -0.4 is 10.6 Å². The number of halogens is 1. The minimum atomic E-state index is -1.06. The van der Waals surface area contributed by atoms with Gasteiger partial charge in [-0.1, -0.05) is 11.6 Å². The first-order chi connectivity index (χ1) is 9.68. The van der Waals surface area contributed by atoms with Crippen LogP contribution in [0, 0.1) is 0 Å². The van der Waals surface area contributed by atoms with Crippen molar-refractivity contribution in [2.24, 2.45) is 4.99 Å². The lowest BCUT2D eigenvalue weighted by Gasteiger charge is -2.30. The summed E-state index contributed by atoms with van der Waals surface area (Å²) in [5.41, 5.74) is 1.32. The molecule has 2 rings (SSSR count). The third kappa shape index (κ3) is 5.17. The Balaban J connectivity index is 1.83. The minimum absolute atomic E-state index is 0.421. The van der Waals surface area contributed by atoms with E-state index in [1.807, 2.05) is 6.21 Å². The first-order valence-corrected chi connectivity index (χ1v) is 7.67. The molecule has 0 aromatic rings. The van der Waals surface area contributed by atoms with Crippen molar-refractivity contribution in [2.75, 3.05) is 26.2 Å². The average Bonchev–Trinajstić information content (AvgIpc) is 2.53. The summed E-state index contributed by atoms with van der Waals surface area (Å²) in [6.07, 6.45) is 10.7. The van der Waals surface area contributed by atoms with Crippen LogP contribution in [0.2, 0.25) is 0 Å². The zero-order valence-electron chi connectivity index (χ0n) is 12.4. The molecule has 0 unspecified atom stereocenters. The van der Waals surface area contributed by atoms with E-state index in [4.69, 9.17) is 0 Å². The fraction of sp³-hybridized carbons (Fsp3) is 0.688. The summed E-state index contributed by atoms with van der Waals surface area (Å²) in [4.78, 5) is 4.48. The van der Waals surface area contributed by atoms with Crippen molar-refractivity contribution in [3.8, 4) is 0 Å². The lowest BCUT2D eigenvalue weighted by molar-refractivity contribution is 0.115. The van der Waals surface area contributed by atoms with Crippen LogP contribution in [0.1, 0.15) is 39.0 Å². The molecule has 1 fully saturated rings. The molecule has 0 aliphatic carbocycles. The Kier molecular flexibility index (Phi) is 5.92. The van der Waals surface area contributed by atoms with E-state index >= 15 is 0 Å². The number of nitrogens with zero attached hydrogens (tertiary/aromatic N) is 1. The summed E-state index contributed by atoms with van der Waals surface area (Å²) in [6, 6.07) is 0. The SMILES string of the molecule is C/C1=C/C=C(/CNCC2(F)CCNCC2)N=CCCC1. The molecule has 1 saturated heterocycles. The van der Waals surface area contributed by atoms with Gasteiger partial charge in [-0.3, -0.25) is 4.99 Å². The number of piperidine rings is 1. The first kappa shape index (κ1) is 15.4. The van der Waals surface area contributed by atoms with Crippen LogP contribution in [-0.4, -0.2) is 38.1 Å². The molecule has 0 saturated carbocycles. The second kappa shape index (κ2) is 7.70. The summed E-state index contributed by atoms with van der Waals surface area (Å²) in [7, 11) is 0. The Morgan fingerprint density at radius 1 is 1.35 bits per heavy atom. The van der Waals surface area contributed by atoms with Gasteiger partial charge >= 0.3 is 0 Å². The third-order valence-corrected chi connectivity index (χ3v) is 3.97. The number of rotatable bonds is 4. The number of hydrogen-bond donors (Lipinski definition) is 2. The number of nitrogens with one attached hydrogen (secondary N) is 2. The summed E-state index contributed by atoms with van der Waals surface area (Å²) >= 11 is 0. The Morgan fingerprint density at radius 3 is 2.95 bits per heavy atom. The molecule has 2 aliphatic rings. The molecule has 3 nitrogen and oxygen atoms in total. The van der Waals surface area contributed by atoms with Gasteiger partial charge in [0.25, 0.3) is 0 Å². The number of alkyl halides is 1. The Labute approximate surface area is 121 Å². The van der Waals surface area contributed by atoms with Gasteiger partial charge in [0.05, 0.1) is 5.70 Å². The Hall–Kier alpha value is -1.00. The van der Waals surface area contributed by atoms with Gasteiger partial charge < -0.3 is 10.6 Å². The minimum Gasteiger partial charge on any atom is -0.316 e. The van der Waals surface area contributed by atoms with Gasteiger partial charge in [0.15, 0.2) is 0 Å². The molecule has 2 heterocycles. The maximum absolute atomic E-state index is 14.4. The Morgan fingerprint density at radius 2 is 2.15 bits per heavy atom. The summed E-state index contributed by atoms with van der Waals surface area (Å²) in [5.74, 6) is 0. The highest BCUT2D eigenvalue weighted by Crippen LogP contribution is 2.22. The van der Waals surface area contributed by atoms with Gasteiger partial charge in [-0.2, -0.15) is 0 Å². The van der Waals surface area contributed by atoms with E-state index in [1.165, 1.54) is 5.57 Å². The van der Waals surface area contributed by atoms with Gasteiger partial charge in [-0.05, 0) is 58.2 Å². The van der Waals surface area contributed by atoms with E-state index in [9.17, 15) is 4.39 Å². The molecular weight excluding hydrogens is 253 g/mol. The standard InChI is InChI=1S/C16H26FN3/c1-14-4-2-3-9-20-15(6-5-14)12-19-13-16(17)7-10-18-11-8-16/h5-6,9,18-19H,2-4,7-8,10-13H2,1H3/b14-5-,15-6-,20-9?. The molecule has 0 aromatic heterocycles. The van der Waals surface area contributed by atoms with E-state index in [0.717, 1.165) is 38.0 Å². The molecule has 4 heteroatoms. The van der Waals surface area contributed by atoms with E-state index < -0.39 is 5.67 Å². The zero-order valence-corrected chi connectivity index (χ0v) is 12.4. The third-order valence-electron chi connectivity index (χ3n) is 3.97. The van der Waals surface area contributed by atoms with Gasteiger partial charge in [0.2, 0.25) is 0 Å². The van der Waals surface area contributed by atoms with Gasteiger partial charge in [-0.15, -0.1) is 0 Å². The highest BCUT2D eigenvalue weighted by Gasteiger charge is 2.30. The van der Waals surface area contributed by atoms with Crippen molar-refractivity contribution in [3.05, 3.63) is 23.4 Å². The van der Waals surface area contributed by atoms with E-state index in [2.05, 4.69) is 34.7 Å². The lowest BCUT2D eigenvalue weighted by atomic mass is 9.94. The van der Waals surface area contributed by atoms with Gasteiger partial charge in [0.1, 0.15) is 5.67 Å². The monoisotopic (exact) mass is 279 g/mol. The molecule has 0 atom stereocenters. The maximum Gasteiger partial charge on any atom is 0.125 e. The van der Waals surface area contributed by atoms with Crippen molar-refractivity contribution in [2.45, 2.75) is 44.7 Å². The summed E-state index contributed by atoms with van der Waals surface area (Å²) in [6.45, 7) is 4.77. The molecular formula is C16H26FN3. The molecule has 0 bridgehead atoms. The fourth-order valence-corrected chi connectivity index (χ4v) is 2.59. The van der Waals surface area contributed by atoms with Crippen molar-refractivity contribution in [1.29, 1.82) is 0 Å². The van der Waals surface area contributed by atoms with Crippen molar-refractivity contribution in [3.63, 3.8) is 0 Å². The van der Waals surface area contributed by atoms with Crippen molar-refractivity contribution in [1.82, 2.24) is 10.6 Å². The molecule has 0 aromatic carbocycles. The van der Waals surface area contributed by atoms with Gasteiger partial charge in [0, 0.05) is 19.3 Å². The molecule has 112 valence electrons. The second-order valence-electron chi connectivity index (χ2n) is 5.88. The van der Waals surface area contributed by atoms with Gasteiger partial charge in [-0.25, -0.2) is 4.39 Å². The summed E-state index contributed by atoms with van der Waals surface area (Å²) < 4.78 is 14.4. The quantitative estimate of drug-likeness (QED) is 0.830. The van der Waals surface area contributed by atoms with E-state index in [1.54, 1.807) is 0 Å². The van der Waals surface area contributed by atoms with Crippen LogP contribution in [0.3, 0.4) is 0 Å². The predicted octanol–water partition coefficient (Wildman–Crippen LogP) is 2.75. The second-order valence-corrected chi connectivity index (χ2v) is 5.88. The van der Waals surface area contributed by atoms with Crippen LogP contribution in [0.5, 0.6) is 0 Å². The van der Waals surface area contributed by atoms with Crippen LogP contribution in [0.25, 0.3) is 0 Å². The normalized spacial score (nSPS) is 28.5. The highest BCUT2D eigenvalue weighted by molar-refractivity contribution is 5.59. The molecule has 2 aliphatic heterocycles. The number of hydrogen-bond acceptors (Lipinski definition) is 3. The molecule has 20 heavy (non-hydrogen) atoms. The molecule has 0 spiro atoms. The fourth-order valence-electron chi connectivity index (χ4n) is 2.59. The largest absolute Gasteiger partial charge is 0.316 e. The number of allylic oxidation sites excluding steroid dienone is 3. The van der Waals surface area contributed by atoms with Crippen molar-refractivity contribution < 1.29 is 4.39 Å². The number of aliphatic imine (C=N–C) groups is 1. The van der Waals surface area contributed by atoms with Crippen LogP contribution >= 0.6 is 0 Å². The van der Waals surface area contributed by atoms with Crippen LogP contribution in [0.4, 0.5) is 4.39 Å². The van der Waals surface area contributed by atoms with E-state index in [-0.39, 0.29) is 0 Å². The average molecular weight is 279 g/mol. The zero-order chi connectivity index (χ0) is 14.3. The smallest absolute Gasteiger partial charge is 0.125 e. The van der Waals surface area contributed by atoms with E-state index in [0.29, 0.717) is 25.9 Å². The maximum atomic E-state index is 14.4. The molecule has 0 radical (unpaired) electrons. The molecule has 0 amide bonds. The van der Waals surface area contributed by atoms with Crippen LogP contribution in [-0.2, 0) is 0 Å². The summed E-state index contributed by atoms with van der Waals surface area (Å²) in [5, 5.41) is 6.43. The first-order valence-electron chi connectivity index (χ1n) is 7.67. The topological polar surface area (TPSA) is 36.4 Å². The lowest BCUT2D eigenvalue weighted by Crippen LogP contribution is -2.45. The highest BCUT2D eigenvalue weighted by atomic mass is 19.1. The van der Waals surface area contributed by atoms with Crippen molar-refractivity contribution >= 4 is 6.21 Å². The predicted molar refractivity (Wildman–Crippen MR) is 83.0 cm³/mol.